The zero-order valence-corrected chi connectivity index (χ0v) is 22.6. The van der Waals surface area contributed by atoms with Crippen LogP contribution >= 0.6 is 21.9 Å². The molecular weight excluding hydrogens is 536 g/mol. The number of halogens is 1. The van der Waals surface area contributed by atoms with Crippen molar-refractivity contribution in [2.75, 3.05) is 12.5 Å². The average Bonchev–Trinajstić information content (AvgIpc) is 3.58. The molecule has 12 heteroatoms. The van der Waals surface area contributed by atoms with E-state index in [0.717, 1.165) is 10.6 Å². The van der Waals surface area contributed by atoms with E-state index in [1.807, 2.05) is 59.2 Å². The average molecular weight is 559 g/mol. The number of hydrogen-bond acceptors (Lipinski definition) is 9. The third kappa shape index (κ3) is 5.88. The Morgan fingerprint density at radius 3 is 2.59 bits per heavy atom. The number of nitriles is 1. The van der Waals surface area contributed by atoms with Crippen LogP contribution in [0.4, 0.5) is 0 Å². The number of para-hydroxylation sites is 1. The lowest BCUT2D eigenvalue weighted by Gasteiger charge is -2.23. The molecule has 0 fully saturated rings. The van der Waals surface area contributed by atoms with Crippen LogP contribution in [-0.2, 0) is 12.8 Å². The fourth-order valence-corrected chi connectivity index (χ4v) is 4.69. The van der Waals surface area contributed by atoms with Crippen LogP contribution in [0, 0.1) is 11.3 Å². The van der Waals surface area contributed by atoms with Gasteiger partial charge in [0.25, 0.3) is 0 Å². The second kappa shape index (κ2) is 11.2. The van der Waals surface area contributed by atoms with Crippen molar-refractivity contribution in [3.63, 3.8) is 0 Å². The summed E-state index contributed by atoms with van der Waals surface area (Å²) in [5, 5.41) is 26.6. The first-order valence-corrected chi connectivity index (χ1v) is 14.6. The number of benzene rings is 1. The summed E-state index contributed by atoms with van der Waals surface area (Å²) in [7, 11) is -1.89. The minimum absolute atomic E-state index is 0.277. The molecule has 1 N–H and O–H groups in total. The number of pyridine rings is 2. The lowest BCUT2D eigenvalue weighted by atomic mass is 10.2. The topological polar surface area (TPSA) is 139 Å². The van der Waals surface area contributed by atoms with Crippen LogP contribution in [0.3, 0.4) is 0 Å². The van der Waals surface area contributed by atoms with Crippen molar-refractivity contribution in [2.45, 2.75) is 17.7 Å². The van der Waals surface area contributed by atoms with Crippen molar-refractivity contribution in [2.24, 2.45) is 0 Å². The zero-order valence-electron chi connectivity index (χ0n) is 21.1. The number of aromatic nitrogens is 7. The number of rotatable bonds is 8. The lowest BCUT2D eigenvalue weighted by molar-refractivity contribution is 0.520. The highest BCUT2D eigenvalue weighted by Crippen LogP contribution is 2.44. The molecule has 1 aromatic carbocycles. The number of allylic oxidation sites excluding steroid dienone is 2. The van der Waals surface area contributed by atoms with E-state index in [1.165, 1.54) is 6.20 Å². The van der Waals surface area contributed by atoms with Gasteiger partial charge in [-0.25, -0.2) is 4.98 Å². The molecule has 0 radical (unpaired) electrons. The van der Waals surface area contributed by atoms with Gasteiger partial charge < -0.3 is 8.97 Å². The molecule has 0 saturated heterocycles. The molecule has 0 amide bonds. The van der Waals surface area contributed by atoms with E-state index in [2.05, 4.69) is 30.4 Å². The monoisotopic (exact) mass is 558 g/mol. The van der Waals surface area contributed by atoms with Gasteiger partial charge in [-0.2, -0.15) is 5.26 Å². The number of nitrogens with zero attached hydrogens (tertiary/aromatic N) is 8. The highest BCUT2D eigenvalue weighted by atomic mass is 35.5. The summed E-state index contributed by atoms with van der Waals surface area (Å²) in [6.45, 7) is 0. The van der Waals surface area contributed by atoms with E-state index in [0.29, 0.717) is 52.6 Å². The molecule has 0 aliphatic carbocycles. The Morgan fingerprint density at radius 1 is 1.03 bits per heavy atom. The third-order valence-electron chi connectivity index (χ3n) is 5.71. The van der Waals surface area contributed by atoms with Crippen LogP contribution in [-0.4, -0.2) is 52.0 Å². The first-order chi connectivity index (χ1) is 18.8. The summed E-state index contributed by atoms with van der Waals surface area (Å²) in [5.74, 6) is 1.97. The standard InChI is InChI=1S/C27H23ClN8O2S/c1-39(2,37)20-11-12-22(31-17-20)26-34-32-24(36(26)23-8-4-3-7-21(23)28)9-5-6-10-25-33-35-27(38-25)18-13-14-30-19(15-18)16-29/h3-8,11-15,17,37H,9-10H2,1-2H3/b6-5+. The molecule has 4 heterocycles. The van der Waals surface area contributed by atoms with Gasteiger partial charge in [0.1, 0.15) is 23.3 Å². The Kier molecular flexibility index (Phi) is 7.51. The van der Waals surface area contributed by atoms with Crippen molar-refractivity contribution < 1.29 is 8.97 Å². The van der Waals surface area contributed by atoms with Crippen LogP contribution in [0.25, 0.3) is 28.7 Å². The lowest BCUT2D eigenvalue weighted by Crippen LogP contribution is -2.04. The van der Waals surface area contributed by atoms with Crippen molar-refractivity contribution in [1.82, 2.24) is 34.9 Å². The molecule has 0 aliphatic rings. The van der Waals surface area contributed by atoms with E-state index >= 15 is 0 Å². The summed E-state index contributed by atoms with van der Waals surface area (Å²) in [6.07, 6.45) is 11.5. The minimum atomic E-state index is -1.89. The molecule has 196 valence electrons. The minimum Gasteiger partial charge on any atom is -0.420 e. The normalized spacial score (nSPS) is 12.1. The SMILES string of the molecule is CS(C)(O)c1ccc(-c2nnc(C/C=C/Cc3nnc(-c4ccnc(C#N)c4)o3)n2-c2ccccc2Cl)nc1. The summed E-state index contributed by atoms with van der Waals surface area (Å²) < 4.78 is 18.0. The first-order valence-electron chi connectivity index (χ1n) is 11.8. The summed E-state index contributed by atoms with van der Waals surface area (Å²) >= 11 is 6.55. The van der Waals surface area contributed by atoms with E-state index in [1.54, 1.807) is 30.8 Å². The van der Waals surface area contributed by atoms with Crippen LogP contribution in [0.5, 0.6) is 0 Å². The predicted octanol–water partition coefficient (Wildman–Crippen LogP) is 5.54. The van der Waals surface area contributed by atoms with Gasteiger partial charge in [-0.1, -0.05) is 35.9 Å². The van der Waals surface area contributed by atoms with Gasteiger partial charge in [0.2, 0.25) is 11.8 Å². The molecule has 0 spiro atoms. The van der Waals surface area contributed by atoms with Crippen LogP contribution in [0.2, 0.25) is 5.02 Å². The van der Waals surface area contributed by atoms with Crippen LogP contribution in [0.15, 0.2) is 82.4 Å². The summed E-state index contributed by atoms with van der Waals surface area (Å²) in [4.78, 5) is 9.27. The van der Waals surface area contributed by atoms with Gasteiger partial charge in [-0.15, -0.1) is 30.7 Å². The Balaban J connectivity index is 1.37. The first kappa shape index (κ1) is 26.2. The van der Waals surface area contributed by atoms with E-state index < -0.39 is 10.3 Å². The Bertz CT molecular complexity index is 1680. The van der Waals surface area contributed by atoms with Gasteiger partial charge in [-0.05, 0) is 48.9 Å². The van der Waals surface area contributed by atoms with E-state index in [-0.39, 0.29) is 5.69 Å². The highest BCUT2D eigenvalue weighted by molar-refractivity contribution is 8.28. The van der Waals surface area contributed by atoms with E-state index in [4.69, 9.17) is 21.3 Å². The quantitative estimate of drug-likeness (QED) is 0.243. The molecule has 0 unspecified atom stereocenters. The van der Waals surface area contributed by atoms with Crippen molar-refractivity contribution >= 4 is 21.9 Å². The molecule has 0 bridgehead atoms. The van der Waals surface area contributed by atoms with Crippen molar-refractivity contribution in [3.05, 3.63) is 95.5 Å². The van der Waals surface area contributed by atoms with Gasteiger partial charge in [-0.3, -0.25) is 9.55 Å². The van der Waals surface area contributed by atoms with Gasteiger partial charge in [0.15, 0.2) is 5.82 Å². The van der Waals surface area contributed by atoms with Crippen LogP contribution < -0.4 is 0 Å². The number of hydrogen-bond donors (Lipinski definition) is 1. The molecular formula is C27H23ClN8O2S. The van der Waals surface area contributed by atoms with Crippen molar-refractivity contribution in [3.8, 4) is 34.7 Å². The maximum absolute atomic E-state index is 10.4. The second-order valence-corrected chi connectivity index (χ2v) is 12.2. The molecule has 0 aliphatic heterocycles. The third-order valence-corrected chi connectivity index (χ3v) is 7.43. The summed E-state index contributed by atoms with van der Waals surface area (Å²) in [5.41, 5.74) is 2.25. The Labute approximate surface area is 231 Å². The molecule has 39 heavy (non-hydrogen) atoms. The van der Waals surface area contributed by atoms with Crippen LogP contribution in [0.1, 0.15) is 17.4 Å². The molecule has 4 aromatic heterocycles. The molecule has 5 aromatic rings. The second-order valence-electron chi connectivity index (χ2n) is 8.80. The largest absolute Gasteiger partial charge is 0.420 e. The Morgan fingerprint density at radius 2 is 1.85 bits per heavy atom. The predicted molar refractivity (Wildman–Crippen MR) is 149 cm³/mol. The Hall–Kier alpha value is -4.37. The molecule has 0 atom stereocenters. The molecule has 5 rings (SSSR count). The highest BCUT2D eigenvalue weighted by Gasteiger charge is 2.19. The van der Waals surface area contributed by atoms with Crippen molar-refractivity contribution in [1.29, 1.82) is 5.26 Å². The fourth-order valence-electron chi connectivity index (χ4n) is 3.76. The fraction of sp³-hybridized carbons (Fsp3) is 0.148. The molecule has 10 nitrogen and oxygen atoms in total. The zero-order chi connectivity index (χ0) is 27.4. The van der Waals surface area contributed by atoms with Gasteiger partial charge >= 0.3 is 0 Å². The molecule has 0 saturated carbocycles. The van der Waals surface area contributed by atoms with Gasteiger partial charge in [0, 0.05) is 35.7 Å². The maximum Gasteiger partial charge on any atom is 0.247 e. The van der Waals surface area contributed by atoms with Gasteiger partial charge in [0.05, 0.1) is 10.7 Å². The smallest absolute Gasteiger partial charge is 0.247 e. The van der Waals surface area contributed by atoms with E-state index in [9.17, 15) is 4.55 Å². The maximum atomic E-state index is 10.4. The summed E-state index contributed by atoms with van der Waals surface area (Å²) in [6, 6.07) is 16.4.